The molecule has 0 saturated carbocycles. The Balaban J connectivity index is 1.74. The first-order valence-electron chi connectivity index (χ1n) is 12.6. The third kappa shape index (κ3) is 7.93. The van der Waals surface area contributed by atoms with E-state index in [0.717, 1.165) is 5.56 Å². The predicted octanol–water partition coefficient (Wildman–Crippen LogP) is 5.50. The average Bonchev–Trinajstić information content (AvgIpc) is 2.99. The number of hydrogen-bond acceptors (Lipinski definition) is 7. The molecule has 36 heavy (non-hydrogen) atoms. The van der Waals surface area contributed by atoms with Crippen LogP contribution in [-0.4, -0.2) is 67.2 Å². The zero-order valence-corrected chi connectivity index (χ0v) is 24.1. The van der Waals surface area contributed by atoms with Crippen molar-refractivity contribution in [3.8, 4) is 5.75 Å². The first kappa shape index (κ1) is 27.9. The van der Waals surface area contributed by atoms with E-state index in [9.17, 15) is 4.79 Å². The highest BCUT2D eigenvalue weighted by Gasteiger charge is 2.41. The van der Waals surface area contributed by atoms with Crippen LogP contribution in [0.1, 0.15) is 47.1 Å². The number of rotatable bonds is 6. The lowest BCUT2D eigenvalue weighted by molar-refractivity contribution is 0.0195. The van der Waals surface area contributed by atoms with Gasteiger partial charge in [-0.2, -0.15) is 0 Å². The van der Waals surface area contributed by atoms with Crippen molar-refractivity contribution >= 4 is 20.4 Å². The molecule has 198 valence electrons. The van der Waals surface area contributed by atoms with Gasteiger partial charge in [-0.1, -0.05) is 51.1 Å². The van der Waals surface area contributed by atoms with Crippen LogP contribution >= 0.6 is 0 Å². The quantitative estimate of drug-likeness (QED) is 0.471. The molecule has 2 heterocycles. The molecule has 0 radical (unpaired) electrons. The number of hydrogen-bond donors (Lipinski definition) is 0. The third-order valence-electron chi connectivity index (χ3n) is 6.55. The molecule has 0 spiro atoms. The molecule has 1 fully saturated rings. The molecular formula is C27H42N4O4Si. The van der Waals surface area contributed by atoms with Crippen molar-refractivity contribution in [3.05, 3.63) is 48.3 Å². The molecule has 0 bridgehead atoms. The monoisotopic (exact) mass is 514 g/mol. The molecule has 0 aliphatic carbocycles. The van der Waals surface area contributed by atoms with Crippen LogP contribution in [0.2, 0.25) is 18.1 Å². The van der Waals surface area contributed by atoms with Crippen LogP contribution in [0, 0.1) is 0 Å². The molecule has 1 aromatic heterocycles. The van der Waals surface area contributed by atoms with Gasteiger partial charge in [-0.3, -0.25) is 0 Å². The van der Waals surface area contributed by atoms with Gasteiger partial charge in [0.2, 0.25) is 5.95 Å². The summed E-state index contributed by atoms with van der Waals surface area (Å²) in [5.74, 6) is 1.21. The maximum Gasteiger partial charge on any atom is 0.410 e. The van der Waals surface area contributed by atoms with Gasteiger partial charge in [0.05, 0.1) is 25.0 Å². The van der Waals surface area contributed by atoms with Crippen molar-refractivity contribution in [2.24, 2.45) is 0 Å². The Morgan fingerprint density at radius 3 is 2.22 bits per heavy atom. The second kappa shape index (κ2) is 11.2. The summed E-state index contributed by atoms with van der Waals surface area (Å²) in [6.07, 6.45) is 2.90. The fourth-order valence-electron chi connectivity index (χ4n) is 3.60. The number of carbonyl (C=O) groups excluding carboxylic acids is 1. The number of benzene rings is 1. The zero-order chi connectivity index (χ0) is 26.6. The van der Waals surface area contributed by atoms with E-state index in [1.165, 1.54) is 0 Å². The normalized spacial score (nSPS) is 17.5. The average molecular weight is 515 g/mol. The van der Waals surface area contributed by atoms with Crippen molar-refractivity contribution in [1.82, 2.24) is 14.9 Å². The summed E-state index contributed by atoms with van der Waals surface area (Å²) < 4.78 is 18.3. The van der Waals surface area contributed by atoms with Gasteiger partial charge >= 0.3 is 6.09 Å². The molecule has 2 aromatic rings. The summed E-state index contributed by atoms with van der Waals surface area (Å²) in [5.41, 5.74) is 0.527. The summed E-state index contributed by atoms with van der Waals surface area (Å²) in [6.45, 7) is 19.4. The molecule has 1 saturated heterocycles. The SMILES string of the molecule is CC(C)(C)OC(=O)N1CCN(c2ncc(OCc3ccccc3)cn2)CC(O[Si](C)(C)C(C)(C)C)C1. The summed E-state index contributed by atoms with van der Waals surface area (Å²) >= 11 is 0. The van der Waals surface area contributed by atoms with E-state index in [1.54, 1.807) is 17.3 Å². The highest BCUT2D eigenvalue weighted by atomic mass is 28.4. The second-order valence-electron chi connectivity index (χ2n) is 11.9. The standard InChI is InChI=1S/C27H42N4O4Si/c1-26(2,3)34-25(32)31-15-14-30(18-23(19-31)35-36(7,8)27(4,5)6)24-28-16-22(17-29-24)33-20-21-12-10-9-11-13-21/h9-13,16-17,23H,14-15,18-20H2,1-8H3. The molecule has 1 atom stereocenters. The van der Waals surface area contributed by atoms with Gasteiger partial charge in [-0.15, -0.1) is 0 Å². The van der Waals surface area contributed by atoms with Crippen LogP contribution in [0.15, 0.2) is 42.7 Å². The van der Waals surface area contributed by atoms with Crippen molar-refractivity contribution in [1.29, 1.82) is 0 Å². The largest absolute Gasteiger partial charge is 0.486 e. The minimum atomic E-state index is -2.07. The maximum atomic E-state index is 12.9. The van der Waals surface area contributed by atoms with E-state index in [4.69, 9.17) is 13.9 Å². The highest BCUT2D eigenvalue weighted by Crippen LogP contribution is 2.37. The van der Waals surface area contributed by atoms with Crippen molar-refractivity contribution < 1.29 is 18.7 Å². The first-order chi connectivity index (χ1) is 16.7. The fraction of sp³-hybridized carbons (Fsp3) is 0.593. The number of aromatic nitrogens is 2. The number of nitrogens with zero attached hydrogens (tertiary/aromatic N) is 4. The van der Waals surface area contributed by atoms with Crippen molar-refractivity contribution in [2.75, 3.05) is 31.1 Å². The van der Waals surface area contributed by atoms with Gasteiger partial charge in [0.1, 0.15) is 12.2 Å². The lowest BCUT2D eigenvalue weighted by Crippen LogP contribution is -2.49. The molecule has 0 N–H and O–H groups in total. The Bertz CT molecular complexity index is 988. The molecule has 1 aromatic carbocycles. The van der Waals surface area contributed by atoms with Crippen LogP contribution in [0.3, 0.4) is 0 Å². The molecule has 1 aliphatic rings. The Labute approximate surface area is 217 Å². The fourth-order valence-corrected chi connectivity index (χ4v) is 4.94. The van der Waals surface area contributed by atoms with E-state index in [1.807, 2.05) is 51.1 Å². The van der Waals surface area contributed by atoms with Crippen molar-refractivity contribution in [3.63, 3.8) is 0 Å². The number of amides is 1. The lowest BCUT2D eigenvalue weighted by atomic mass is 10.2. The van der Waals surface area contributed by atoms with E-state index < -0.39 is 13.9 Å². The highest BCUT2D eigenvalue weighted by molar-refractivity contribution is 6.74. The molecule has 3 rings (SSSR count). The molecule has 1 aliphatic heterocycles. The summed E-state index contributed by atoms with van der Waals surface area (Å²) in [5, 5.41) is 0.0507. The van der Waals surface area contributed by atoms with Gasteiger partial charge in [-0.05, 0) is 44.5 Å². The van der Waals surface area contributed by atoms with E-state index in [0.29, 0.717) is 44.5 Å². The van der Waals surface area contributed by atoms with Gasteiger partial charge in [0.25, 0.3) is 0 Å². The topological polar surface area (TPSA) is 77.0 Å². The van der Waals surface area contributed by atoms with Gasteiger partial charge < -0.3 is 23.7 Å². The van der Waals surface area contributed by atoms with E-state index in [-0.39, 0.29) is 17.2 Å². The van der Waals surface area contributed by atoms with Crippen LogP contribution in [0.4, 0.5) is 10.7 Å². The molecule has 1 unspecified atom stereocenters. The predicted molar refractivity (Wildman–Crippen MR) is 145 cm³/mol. The van der Waals surface area contributed by atoms with Crippen LogP contribution < -0.4 is 9.64 Å². The van der Waals surface area contributed by atoms with E-state index in [2.05, 4.69) is 48.7 Å². The van der Waals surface area contributed by atoms with Gasteiger partial charge in [0.15, 0.2) is 14.1 Å². The van der Waals surface area contributed by atoms with Gasteiger partial charge in [-0.25, -0.2) is 14.8 Å². The minimum Gasteiger partial charge on any atom is -0.486 e. The first-order valence-corrected chi connectivity index (χ1v) is 15.5. The number of carbonyl (C=O) groups is 1. The number of anilines is 1. The second-order valence-corrected chi connectivity index (χ2v) is 16.6. The van der Waals surface area contributed by atoms with Crippen molar-refractivity contribution in [2.45, 2.75) is 78.0 Å². The van der Waals surface area contributed by atoms with E-state index >= 15 is 0 Å². The smallest absolute Gasteiger partial charge is 0.410 e. The Morgan fingerprint density at radius 1 is 1.00 bits per heavy atom. The molecule has 9 heteroatoms. The summed E-state index contributed by atoms with van der Waals surface area (Å²) in [7, 11) is -2.07. The third-order valence-corrected chi connectivity index (χ3v) is 11.1. The molecule has 8 nitrogen and oxygen atoms in total. The van der Waals surface area contributed by atoms with Crippen LogP contribution in [-0.2, 0) is 15.8 Å². The summed E-state index contributed by atoms with van der Waals surface area (Å²) in [6, 6.07) is 9.99. The molecular weight excluding hydrogens is 472 g/mol. The van der Waals surface area contributed by atoms with Crippen LogP contribution in [0.5, 0.6) is 5.75 Å². The number of ether oxygens (including phenoxy) is 2. The van der Waals surface area contributed by atoms with Gasteiger partial charge in [0, 0.05) is 19.6 Å². The summed E-state index contributed by atoms with van der Waals surface area (Å²) in [4.78, 5) is 25.9. The lowest BCUT2D eigenvalue weighted by Gasteiger charge is -2.40. The Kier molecular flexibility index (Phi) is 8.66. The Morgan fingerprint density at radius 2 is 1.64 bits per heavy atom. The Hall–Kier alpha value is -2.65. The van der Waals surface area contributed by atoms with Crippen LogP contribution in [0.25, 0.3) is 0 Å². The minimum absolute atomic E-state index is 0.0507. The maximum absolute atomic E-state index is 12.9. The molecule has 1 amide bonds. The zero-order valence-electron chi connectivity index (χ0n) is 23.1.